The van der Waals surface area contributed by atoms with Crippen molar-refractivity contribution < 1.29 is 4.74 Å². The molecule has 0 rings (SSSR count). The summed E-state index contributed by atoms with van der Waals surface area (Å²) in [6, 6.07) is 0. The first-order valence-corrected chi connectivity index (χ1v) is 16.4. The topological polar surface area (TPSA) is 9.23 Å². The van der Waals surface area contributed by atoms with Gasteiger partial charge in [-0.25, -0.2) is 0 Å². The van der Waals surface area contributed by atoms with Gasteiger partial charge in [0.25, 0.3) is 0 Å². The van der Waals surface area contributed by atoms with Crippen LogP contribution in [0.3, 0.4) is 0 Å². The molecule has 0 radical (unpaired) electrons. The molecule has 0 aromatic carbocycles. The highest BCUT2D eigenvalue weighted by molar-refractivity contribution is 5.04. The molecule has 1 nitrogen and oxygen atoms in total. The van der Waals surface area contributed by atoms with Crippen LogP contribution in [0.25, 0.3) is 0 Å². The van der Waals surface area contributed by atoms with E-state index in [1.165, 1.54) is 128 Å². The molecule has 0 N–H and O–H groups in total. The van der Waals surface area contributed by atoms with Gasteiger partial charge >= 0.3 is 0 Å². The van der Waals surface area contributed by atoms with Crippen LogP contribution < -0.4 is 0 Å². The molecule has 0 aromatic rings. The van der Waals surface area contributed by atoms with E-state index >= 15 is 0 Å². The zero-order valence-corrected chi connectivity index (χ0v) is 26.6. The van der Waals surface area contributed by atoms with Gasteiger partial charge in [0.2, 0.25) is 0 Å². The second-order valence-corrected chi connectivity index (χ2v) is 12.5. The number of unbranched alkanes of at least 4 members (excludes halogenated alkanes) is 6. The fourth-order valence-electron chi connectivity index (χ4n) is 7.20. The second kappa shape index (κ2) is 18.3. The van der Waals surface area contributed by atoms with Crippen molar-refractivity contribution in [3.8, 4) is 0 Å². The zero-order chi connectivity index (χ0) is 26.8. The maximum atomic E-state index is 7.93. The monoisotopic (exact) mass is 495 g/mol. The maximum Gasteiger partial charge on any atom is 0.0718 e. The fourth-order valence-corrected chi connectivity index (χ4v) is 7.20. The molecule has 0 aliphatic rings. The first kappa shape index (κ1) is 35.0. The first-order chi connectivity index (χ1) is 16.7. The summed E-state index contributed by atoms with van der Waals surface area (Å²) in [5, 5.41) is 0. The quantitative estimate of drug-likeness (QED) is 0.130. The van der Waals surface area contributed by atoms with Crippen LogP contribution in [0.15, 0.2) is 0 Å². The van der Waals surface area contributed by atoms with E-state index < -0.39 is 0 Å². The van der Waals surface area contributed by atoms with Gasteiger partial charge in [-0.2, -0.15) is 0 Å². The van der Waals surface area contributed by atoms with Crippen molar-refractivity contribution in [1.82, 2.24) is 0 Å². The molecule has 0 amide bonds. The summed E-state index contributed by atoms with van der Waals surface area (Å²) in [7, 11) is 0. The van der Waals surface area contributed by atoms with Crippen molar-refractivity contribution in [2.24, 2.45) is 10.8 Å². The third kappa shape index (κ3) is 9.65. The number of rotatable bonds is 24. The number of ether oxygens (including phenoxy) is 1. The SMILES string of the molecule is CCCCC(CC)(CCCC)C(C)(CCCC)OC(C)(CCCC)C(CC)(CCCC)CCCC. The van der Waals surface area contributed by atoms with Gasteiger partial charge in [-0.1, -0.05) is 132 Å². The average Bonchev–Trinajstić information content (AvgIpc) is 2.86. The molecule has 212 valence electrons. The molecule has 1 heteroatoms. The highest BCUT2D eigenvalue weighted by Crippen LogP contribution is 2.56. The molecule has 0 aliphatic carbocycles. The van der Waals surface area contributed by atoms with Gasteiger partial charge in [0, 0.05) is 0 Å². The van der Waals surface area contributed by atoms with E-state index in [0.29, 0.717) is 0 Å². The molecule has 0 aromatic heterocycles. The summed E-state index contributed by atoms with van der Waals surface area (Å²) < 4.78 is 7.93. The molecule has 0 saturated heterocycles. The minimum Gasteiger partial charge on any atom is -0.368 e. The van der Waals surface area contributed by atoms with Crippen LogP contribution in [0.4, 0.5) is 0 Å². The Morgan fingerprint density at radius 2 is 0.600 bits per heavy atom. The van der Waals surface area contributed by atoms with Gasteiger partial charge in [-0.3, -0.25) is 0 Å². The van der Waals surface area contributed by atoms with E-state index in [1.54, 1.807) is 0 Å². The lowest BCUT2D eigenvalue weighted by Crippen LogP contribution is -2.58. The highest BCUT2D eigenvalue weighted by atomic mass is 16.5. The zero-order valence-electron chi connectivity index (χ0n) is 26.6. The lowest BCUT2D eigenvalue weighted by atomic mass is 9.60. The number of hydrogen-bond donors (Lipinski definition) is 0. The van der Waals surface area contributed by atoms with Gasteiger partial charge in [0.15, 0.2) is 0 Å². The molecular formula is C34H70O. The molecule has 0 spiro atoms. The third-order valence-electron chi connectivity index (χ3n) is 10.1. The lowest BCUT2D eigenvalue weighted by Gasteiger charge is -2.58. The van der Waals surface area contributed by atoms with E-state index in [9.17, 15) is 0 Å². The predicted molar refractivity (Wildman–Crippen MR) is 160 cm³/mol. The molecule has 2 unspecified atom stereocenters. The Kier molecular flexibility index (Phi) is 18.2. The lowest BCUT2D eigenvalue weighted by molar-refractivity contribution is -0.255. The van der Waals surface area contributed by atoms with Gasteiger partial charge in [-0.15, -0.1) is 0 Å². The molecule has 2 atom stereocenters. The summed E-state index contributed by atoms with van der Waals surface area (Å²) in [6.07, 6.45) is 25.8. The summed E-state index contributed by atoms with van der Waals surface area (Å²) in [5.74, 6) is 0. The Balaban J connectivity index is 6.79. The Morgan fingerprint density at radius 3 is 0.800 bits per heavy atom. The maximum absolute atomic E-state index is 7.93. The Morgan fingerprint density at radius 1 is 0.371 bits per heavy atom. The van der Waals surface area contributed by atoms with Crippen LogP contribution in [-0.4, -0.2) is 11.2 Å². The van der Waals surface area contributed by atoms with Crippen LogP contribution in [0.5, 0.6) is 0 Å². The minimum absolute atomic E-state index is 0.0521. The van der Waals surface area contributed by atoms with Crippen LogP contribution >= 0.6 is 0 Å². The van der Waals surface area contributed by atoms with E-state index in [4.69, 9.17) is 4.74 Å². The molecule has 0 aliphatic heterocycles. The van der Waals surface area contributed by atoms with E-state index in [1.807, 2.05) is 0 Å². The largest absolute Gasteiger partial charge is 0.368 e. The molecule has 35 heavy (non-hydrogen) atoms. The highest BCUT2D eigenvalue weighted by Gasteiger charge is 2.54. The Hall–Kier alpha value is -0.0400. The van der Waals surface area contributed by atoms with Crippen molar-refractivity contribution in [2.45, 2.75) is 209 Å². The van der Waals surface area contributed by atoms with Gasteiger partial charge in [-0.05, 0) is 76.0 Å². The predicted octanol–water partition coefficient (Wildman–Crippen LogP) is 12.5. The van der Waals surface area contributed by atoms with Crippen molar-refractivity contribution >= 4 is 0 Å². The Bertz CT molecular complexity index is 437. The average molecular weight is 495 g/mol. The van der Waals surface area contributed by atoms with Crippen molar-refractivity contribution in [1.29, 1.82) is 0 Å². The van der Waals surface area contributed by atoms with Gasteiger partial charge < -0.3 is 4.74 Å². The second-order valence-electron chi connectivity index (χ2n) is 12.5. The summed E-state index contributed by atoms with van der Waals surface area (Å²) in [4.78, 5) is 0. The van der Waals surface area contributed by atoms with E-state index in [-0.39, 0.29) is 22.0 Å². The van der Waals surface area contributed by atoms with E-state index in [0.717, 1.165) is 0 Å². The molecule has 0 heterocycles. The first-order valence-electron chi connectivity index (χ1n) is 16.4. The van der Waals surface area contributed by atoms with Crippen molar-refractivity contribution in [3.63, 3.8) is 0 Å². The number of hydrogen-bond acceptors (Lipinski definition) is 1. The molecule has 0 saturated carbocycles. The van der Waals surface area contributed by atoms with Gasteiger partial charge in [0.05, 0.1) is 11.2 Å². The Labute approximate surface area is 224 Å². The van der Waals surface area contributed by atoms with Crippen LogP contribution in [0.2, 0.25) is 0 Å². The summed E-state index contributed by atoms with van der Waals surface area (Å²) in [6.45, 7) is 24.3. The minimum atomic E-state index is -0.0521. The fraction of sp³-hybridized carbons (Fsp3) is 1.00. The van der Waals surface area contributed by atoms with Crippen molar-refractivity contribution in [3.05, 3.63) is 0 Å². The van der Waals surface area contributed by atoms with E-state index in [2.05, 4.69) is 69.2 Å². The van der Waals surface area contributed by atoms with Crippen LogP contribution in [0, 0.1) is 10.8 Å². The standard InChI is InChI=1S/C34H70O/c1-11-19-25-31(9,33(17-7,27-21-13-3)28-22-14-4)35-32(10,26-20-12-2)34(18-8,29-23-15-5)30-24-16-6/h11-30H2,1-10H3. The molecule has 0 fully saturated rings. The smallest absolute Gasteiger partial charge is 0.0718 e. The third-order valence-corrected chi connectivity index (χ3v) is 10.1. The van der Waals surface area contributed by atoms with Crippen LogP contribution in [-0.2, 0) is 4.74 Å². The molecular weight excluding hydrogens is 424 g/mol. The molecule has 0 bridgehead atoms. The summed E-state index contributed by atoms with van der Waals surface area (Å²) in [5.41, 5.74) is 0.472. The van der Waals surface area contributed by atoms with Gasteiger partial charge in [0.1, 0.15) is 0 Å². The van der Waals surface area contributed by atoms with Crippen molar-refractivity contribution in [2.75, 3.05) is 0 Å². The normalized spacial score (nSPS) is 16.3. The summed E-state index contributed by atoms with van der Waals surface area (Å²) >= 11 is 0. The van der Waals surface area contributed by atoms with Crippen LogP contribution in [0.1, 0.15) is 198 Å².